The Labute approximate surface area is 96.6 Å². The fourth-order valence-electron chi connectivity index (χ4n) is 1.63. The number of carboxylic acids is 1. The third kappa shape index (κ3) is 3.89. The standard InChI is InChI=1S/C14H18O2/c1-3-4-11(2)5-6-12-7-9-13(10-8-12)14(15)16/h3-4,7-11H,5-6H2,1-2H3,(H,15,16)/b4-3+. The van der Waals surface area contributed by atoms with E-state index < -0.39 is 5.97 Å². The lowest BCUT2D eigenvalue weighted by Crippen LogP contribution is -1.97. The summed E-state index contributed by atoms with van der Waals surface area (Å²) in [6.45, 7) is 4.21. The van der Waals surface area contributed by atoms with Crippen LogP contribution in [-0.4, -0.2) is 11.1 Å². The highest BCUT2D eigenvalue weighted by Gasteiger charge is 2.02. The Morgan fingerprint density at radius 3 is 2.50 bits per heavy atom. The molecule has 0 amide bonds. The van der Waals surface area contributed by atoms with E-state index in [-0.39, 0.29) is 0 Å². The minimum Gasteiger partial charge on any atom is -0.478 e. The Morgan fingerprint density at radius 2 is 2.00 bits per heavy atom. The molecule has 0 heterocycles. The van der Waals surface area contributed by atoms with Gasteiger partial charge in [-0.3, -0.25) is 0 Å². The number of hydrogen-bond acceptors (Lipinski definition) is 1. The number of rotatable bonds is 5. The SMILES string of the molecule is C/C=C/C(C)CCc1ccc(C(=O)O)cc1. The van der Waals surface area contributed by atoms with Gasteiger partial charge in [-0.25, -0.2) is 4.79 Å². The van der Waals surface area contributed by atoms with Gasteiger partial charge in [0.2, 0.25) is 0 Å². The van der Waals surface area contributed by atoms with Gasteiger partial charge in [-0.1, -0.05) is 31.2 Å². The summed E-state index contributed by atoms with van der Waals surface area (Å²) in [4.78, 5) is 10.7. The van der Waals surface area contributed by atoms with Gasteiger partial charge >= 0.3 is 5.97 Å². The molecule has 0 aliphatic heterocycles. The summed E-state index contributed by atoms with van der Waals surface area (Å²) in [7, 11) is 0. The average molecular weight is 218 g/mol. The van der Waals surface area contributed by atoms with Crippen LogP contribution in [-0.2, 0) is 6.42 Å². The van der Waals surface area contributed by atoms with Crippen LogP contribution < -0.4 is 0 Å². The molecule has 0 aliphatic carbocycles. The van der Waals surface area contributed by atoms with Crippen molar-refractivity contribution in [2.75, 3.05) is 0 Å². The zero-order valence-corrected chi connectivity index (χ0v) is 9.81. The largest absolute Gasteiger partial charge is 0.478 e. The normalized spacial score (nSPS) is 12.9. The molecule has 0 radical (unpaired) electrons. The van der Waals surface area contributed by atoms with Crippen LogP contribution in [0.15, 0.2) is 36.4 Å². The molecule has 0 spiro atoms. The van der Waals surface area contributed by atoms with Gasteiger partial charge in [0.25, 0.3) is 0 Å². The van der Waals surface area contributed by atoms with Crippen LogP contribution in [0.1, 0.15) is 36.2 Å². The monoisotopic (exact) mass is 218 g/mol. The summed E-state index contributed by atoms with van der Waals surface area (Å²) < 4.78 is 0. The molecule has 1 N–H and O–H groups in total. The number of carboxylic acid groups (broad SMARTS) is 1. The smallest absolute Gasteiger partial charge is 0.335 e. The van der Waals surface area contributed by atoms with E-state index in [0.717, 1.165) is 12.8 Å². The molecule has 1 aromatic carbocycles. The predicted molar refractivity (Wildman–Crippen MR) is 65.7 cm³/mol. The Balaban J connectivity index is 2.52. The molecule has 86 valence electrons. The van der Waals surface area contributed by atoms with Crippen LogP contribution in [0.2, 0.25) is 0 Å². The Kier molecular flexibility index (Phi) is 4.77. The van der Waals surface area contributed by atoms with Crippen molar-refractivity contribution in [3.05, 3.63) is 47.5 Å². The molecule has 0 aromatic heterocycles. The third-order valence-electron chi connectivity index (χ3n) is 2.61. The zero-order chi connectivity index (χ0) is 12.0. The molecule has 0 fully saturated rings. The first kappa shape index (κ1) is 12.5. The van der Waals surface area contributed by atoms with Crippen molar-refractivity contribution in [1.29, 1.82) is 0 Å². The van der Waals surface area contributed by atoms with Crippen molar-refractivity contribution in [2.45, 2.75) is 26.7 Å². The van der Waals surface area contributed by atoms with Crippen LogP contribution in [0.25, 0.3) is 0 Å². The van der Waals surface area contributed by atoms with E-state index in [1.165, 1.54) is 5.56 Å². The van der Waals surface area contributed by atoms with Crippen LogP contribution in [0, 0.1) is 5.92 Å². The molecule has 1 unspecified atom stereocenters. The van der Waals surface area contributed by atoms with Crippen molar-refractivity contribution in [1.82, 2.24) is 0 Å². The van der Waals surface area contributed by atoms with E-state index in [0.29, 0.717) is 11.5 Å². The number of allylic oxidation sites excluding steroid dienone is 2. The second kappa shape index (κ2) is 6.11. The number of hydrogen-bond donors (Lipinski definition) is 1. The topological polar surface area (TPSA) is 37.3 Å². The van der Waals surface area contributed by atoms with E-state index in [1.807, 2.05) is 19.1 Å². The first-order chi connectivity index (χ1) is 7.63. The predicted octanol–water partition coefficient (Wildman–Crippen LogP) is 3.53. The first-order valence-electron chi connectivity index (χ1n) is 5.58. The molecule has 2 heteroatoms. The lowest BCUT2D eigenvalue weighted by atomic mass is 10.00. The first-order valence-corrected chi connectivity index (χ1v) is 5.58. The molecule has 1 rings (SSSR count). The summed E-state index contributed by atoms with van der Waals surface area (Å²) in [5.74, 6) is -0.294. The quantitative estimate of drug-likeness (QED) is 0.768. The van der Waals surface area contributed by atoms with Crippen molar-refractivity contribution >= 4 is 5.97 Å². The van der Waals surface area contributed by atoms with Crippen molar-refractivity contribution in [3.63, 3.8) is 0 Å². The fourth-order valence-corrected chi connectivity index (χ4v) is 1.63. The number of aromatic carboxylic acids is 1. The average Bonchev–Trinajstić information content (AvgIpc) is 2.27. The molecule has 1 aromatic rings. The number of carbonyl (C=O) groups is 1. The van der Waals surface area contributed by atoms with Crippen molar-refractivity contribution < 1.29 is 9.90 Å². The zero-order valence-electron chi connectivity index (χ0n) is 9.81. The van der Waals surface area contributed by atoms with Gasteiger partial charge in [-0.2, -0.15) is 0 Å². The Hall–Kier alpha value is -1.57. The molecule has 0 saturated heterocycles. The van der Waals surface area contributed by atoms with Gasteiger partial charge in [0, 0.05) is 0 Å². The third-order valence-corrected chi connectivity index (χ3v) is 2.61. The minimum atomic E-state index is -0.867. The van der Waals surface area contributed by atoms with E-state index in [2.05, 4.69) is 19.1 Å². The van der Waals surface area contributed by atoms with Crippen LogP contribution in [0.4, 0.5) is 0 Å². The lowest BCUT2D eigenvalue weighted by molar-refractivity contribution is 0.0697. The van der Waals surface area contributed by atoms with Crippen molar-refractivity contribution in [3.8, 4) is 0 Å². The number of benzene rings is 1. The fraction of sp³-hybridized carbons (Fsp3) is 0.357. The maximum absolute atomic E-state index is 10.7. The van der Waals surface area contributed by atoms with E-state index >= 15 is 0 Å². The lowest BCUT2D eigenvalue weighted by Gasteiger charge is -2.06. The van der Waals surface area contributed by atoms with E-state index in [4.69, 9.17) is 5.11 Å². The molecular weight excluding hydrogens is 200 g/mol. The summed E-state index contributed by atoms with van der Waals surface area (Å²) in [6, 6.07) is 7.12. The highest BCUT2D eigenvalue weighted by atomic mass is 16.4. The molecule has 2 nitrogen and oxygen atoms in total. The van der Waals surface area contributed by atoms with Gasteiger partial charge in [0.05, 0.1) is 5.56 Å². The Bertz CT molecular complexity index is 363. The summed E-state index contributed by atoms with van der Waals surface area (Å²) >= 11 is 0. The second-order valence-corrected chi connectivity index (χ2v) is 4.04. The molecular formula is C14H18O2. The van der Waals surface area contributed by atoms with Crippen LogP contribution in [0.5, 0.6) is 0 Å². The molecule has 0 bridgehead atoms. The van der Waals surface area contributed by atoms with E-state index in [9.17, 15) is 4.79 Å². The maximum atomic E-state index is 10.7. The van der Waals surface area contributed by atoms with Gasteiger partial charge in [-0.15, -0.1) is 0 Å². The molecule has 1 atom stereocenters. The second-order valence-electron chi connectivity index (χ2n) is 4.04. The van der Waals surface area contributed by atoms with Gasteiger partial charge in [0.15, 0.2) is 0 Å². The molecule has 0 aliphatic rings. The summed E-state index contributed by atoms with van der Waals surface area (Å²) in [5, 5.41) is 8.75. The maximum Gasteiger partial charge on any atom is 0.335 e. The minimum absolute atomic E-state index is 0.352. The van der Waals surface area contributed by atoms with Crippen LogP contribution >= 0.6 is 0 Å². The van der Waals surface area contributed by atoms with Crippen LogP contribution in [0.3, 0.4) is 0 Å². The summed E-state index contributed by atoms with van der Waals surface area (Å²) in [6.07, 6.45) is 6.34. The molecule has 0 saturated carbocycles. The highest BCUT2D eigenvalue weighted by molar-refractivity contribution is 5.87. The van der Waals surface area contributed by atoms with Crippen molar-refractivity contribution in [2.24, 2.45) is 5.92 Å². The Morgan fingerprint density at radius 1 is 1.38 bits per heavy atom. The van der Waals surface area contributed by atoms with E-state index in [1.54, 1.807) is 12.1 Å². The van der Waals surface area contributed by atoms with Gasteiger partial charge in [-0.05, 0) is 43.4 Å². The summed E-state index contributed by atoms with van der Waals surface area (Å²) in [5.41, 5.74) is 1.55. The van der Waals surface area contributed by atoms with Gasteiger partial charge in [0.1, 0.15) is 0 Å². The molecule has 16 heavy (non-hydrogen) atoms. The van der Waals surface area contributed by atoms with Gasteiger partial charge < -0.3 is 5.11 Å². The number of aryl methyl sites for hydroxylation is 1. The highest BCUT2D eigenvalue weighted by Crippen LogP contribution is 2.12.